The topological polar surface area (TPSA) is 17.1 Å². The molecule has 5 aromatic rings. The summed E-state index contributed by atoms with van der Waals surface area (Å²) in [6, 6.07) is 39.4. The van der Waals surface area contributed by atoms with Gasteiger partial charge in [-0.05, 0) is 0 Å². The van der Waals surface area contributed by atoms with Crippen molar-refractivity contribution in [2.75, 3.05) is 0 Å². The van der Waals surface area contributed by atoms with Crippen LogP contribution in [0.2, 0.25) is 0 Å². The molecule has 0 amide bonds. The number of rotatable bonds is 4. The Morgan fingerprint density at radius 2 is 0.931 bits per heavy atom. The summed E-state index contributed by atoms with van der Waals surface area (Å²) in [5.74, 6) is -2.79. The zero-order valence-electron chi connectivity index (χ0n) is 15.7. The third-order valence-corrected chi connectivity index (χ3v) is 13.7. The fourth-order valence-corrected chi connectivity index (χ4v) is 11.4. The molecule has 0 heterocycles. The first-order valence-corrected chi connectivity index (χ1v) is 14.3. The quantitative estimate of drug-likeness (QED) is 0.266. The van der Waals surface area contributed by atoms with Crippen molar-refractivity contribution in [3.8, 4) is 0 Å². The fraction of sp³-hybridized carbons (Fsp3) is 0. The molecular weight excluding hydrogens is 438 g/mol. The van der Waals surface area contributed by atoms with E-state index in [2.05, 4.69) is 72.8 Å². The van der Waals surface area contributed by atoms with Crippen molar-refractivity contribution < 1.29 is 4.57 Å². The number of fused-ring (bicyclic) bond motifs is 2. The minimum absolute atomic E-state index is 0.195. The summed E-state index contributed by atoms with van der Waals surface area (Å²) in [6.45, 7) is 0. The molecule has 0 aliphatic carbocycles. The molecule has 0 radical (unpaired) electrons. The van der Waals surface area contributed by atoms with Crippen LogP contribution < -0.4 is 15.1 Å². The molecule has 5 rings (SSSR count). The SMILES string of the molecule is O=P([Se]c1ccccc1)(c1ccc2ccccc2c1)c1ccc2ccccc2c1. The van der Waals surface area contributed by atoms with E-state index in [9.17, 15) is 4.57 Å². The van der Waals surface area contributed by atoms with Gasteiger partial charge < -0.3 is 0 Å². The maximum atomic E-state index is 14.7. The molecule has 0 unspecified atom stereocenters. The second kappa shape index (κ2) is 7.65. The van der Waals surface area contributed by atoms with Crippen LogP contribution in [0.3, 0.4) is 0 Å². The first-order valence-electron chi connectivity index (χ1n) is 9.56. The number of hydrogen-bond acceptors (Lipinski definition) is 1. The Balaban J connectivity index is 1.72. The second-order valence-corrected chi connectivity index (χ2v) is 14.7. The summed E-state index contributed by atoms with van der Waals surface area (Å²) in [5, 5.41) is 6.50. The van der Waals surface area contributed by atoms with E-state index >= 15 is 0 Å². The third kappa shape index (κ3) is 3.56. The summed E-state index contributed by atoms with van der Waals surface area (Å²) in [7, 11) is 0. The van der Waals surface area contributed by atoms with Gasteiger partial charge in [-0.25, -0.2) is 0 Å². The molecule has 29 heavy (non-hydrogen) atoms. The van der Waals surface area contributed by atoms with Crippen molar-refractivity contribution in [2.24, 2.45) is 0 Å². The van der Waals surface area contributed by atoms with Crippen molar-refractivity contribution in [2.45, 2.75) is 0 Å². The normalized spacial score (nSPS) is 11.7. The zero-order valence-corrected chi connectivity index (χ0v) is 18.3. The van der Waals surface area contributed by atoms with Crippen LogP contribution in [0.1, 0.15) is 0 Å². The summed E-state index contributed by atoms with van der Waals surface area (Å²) in [5.41, 5.74) is 0. The number of benzene rings is 5. The molecule has 0 saturated heterocycles. The van der Waals surface area contributed by atoms with E-state index in [-0.39, 0.29) is 14.5 Å². The van der Waals surface area contributed by atoms with E-state index in [0.717, 1.165) is 25.8 Å². The van der Waals surface area contributed by atoms with Gasteiger partial charge in [-0.2, -0.15) is 0 Å². The van der Waals surface area contributed by atoms with Crippen LogP contribution >= 0.6 is 5.83 Å². The monoisotopic (exact) mass is 458 g/mol. The van der Waals surface area contributed by atoms with Crippen LogP contribution in [-0.4, -0.2) is 14.5 Å². The Bertz CT molecular complexity index is 1280. The van der Waals surface area contributed by atoms with E-state index in [1.54, 1.807) is 0 Å². The first-order chi connectivity index (χ1) is 14.2. The minimum atomic E-state index is -2.79. The molecule has 0 atom stereocenters. The third-order valence-electron chi connectivity index (χ3n) is 5.12. The average Bonchev–Trinajstić information content (AvgIpc) is 2.79. The standard InChI is InChI=1S/C26H19OPSe/c27-28(29-26-12-2-1-3-13-26,24-16-14-20-8-4-6-10-22(20)18-24)25-17-15-21-9-5-7-11-23(21)19-25/h1-19H. The zero-order chi connectivity index (χ0) is 19.7. The predicted octanol–water partition coefficient (Wildman–Crippen LogP) is 5.25. The van der Waals surface area contributed by atoms with Gasteiger partial charge in [0.05, 0.1) is 0 Å². The molecule has 0 aliphatic rings. The molecule has 0 spiro atoms. The first kappa shape index (κ1) is 18.4. The Labute approximate surface area is 176 Å². The van der Waals surface area contributed by atoms with Crippen molar-refractivity contribution in [3.05, 3.63) is 115 Å². The Morgan fingerprint density at radius 3 is 1.45 bits per heavy atom. The average molecular weight is 457 g/mol. The summed E-state index contributed by atoms with van der Waals surface area (Å²) in [6.07, 6.45) is 0. The van der Waals surface area contributed by atoms with Gasteiger partial charge in [-0.15, -0.1) is 0 Å². The Kier molecular flexibility index (Phi) is 4.86. The summed E-state index contributed by atoms with van der Waals surface area (Å²) >= 11 is -0.195. The molecule has 3 heteroatoms. The second-order valence-electron chi connectivity index (χ2n) is 7.02. The molecule has 0 N–H and O–H groups in total. The van der Waals surface area contributed by atoms with Crippen LogP contribution in [0.4, 0.5) is 0 Å². The van der Waals surface area contributed by atoms with Gasteiger partial charge in [0, 0.05) is 0 Å². The fourth-order valence-electron chi connectivity index (χ4n) is 3.60. The van der Waals surface area contributed by atoms with Crippen LogP contribution in [0, 0.1) is 0 Å². The van der Waals surface area contributed by atoms with Crippen molar-refractivity contribution >= 4 is 57.0 Å². The van der Waals surface area contributed by atoms with Crippen molar-refractivity contribution in [3.63, 3.8) is 0 Å². The Morgan fingerprint density at radius 1 is 0.483 bits per heavy atom. The van der Waals surface area contributed by atoms with Gasteiger partial charge in [-0.3, -0.25) is 0 Å². The van der Waals surface area contributed by atoms with Gasteiger partial charge in [0.25, 0.3) is 0 Å². The van der Waals surface area contributed by atoms with Crippen LogP contribution in [0.25, 0.3) is 21.5 Å². The number of hydrogen-bond donors (Lipinski definition) is 0. The van der Waals surface area contributed by atoms with Gasteiger partial charge >= 0.3 is 177 Å². The molecule has 140 valence electrons. The molecule has 5 aromatic carbocycles. The van der Waals surface area contributed by atoms with Crippen LogP contribution in [0.15, 0.2) is 115 Å². The molecular formula is C26H19OPSe. The van der Waals surface area contributed by atoms with Crippen molar-refractivity contribution in [1.82, 2.24) is 0 Å². The van der Waals surface area contributed by atoms with Gasteiger partial charge in [0.1, 0.15) is 0 Å². The van der Waals surface area contributed by atoms with Gasteiger partial charge in [0.2, 0.25) is 0 Å². The Hall–Kier alpha value is -2.63. The van der Waals surface area contributed by atoms with Gasteiger partial charge in [0.15, 0.2) is 0 Å². The van der Waals surface area contributed by atoms with Crippen molar-refractivity contribution in [1.29, 1.82) is 0 Å². The molecule has 0 aromatic heterocycles. The predicted molar refractivity (Wildman–Crippen MR) is 127 cm³/mol. The van der Waals surface area contributed by atoms with E-state index in [1.807, 2.05) is 42.5 Å². The van der Waals surface area contributed by atoms with Crippen LogP contribution in [0.5, 0.6) is 0 Å². The van der Waals surface area contributed by atoms with E-state index < -0.39 is 5.83 Å². The molecule has 0 aliphatic heterocycles. The van der Waals surface area contributed by atoms with E-state index in [0.29, 0.717) is 0 Å². The van der Waals surface area contributed by atoms with E-state index in [4.69, 9.17) is 0 Å². The van der Waals surface area contributed by atoms with Gasteiger partial charge in [-0.1, -0.05) is 0 Å². The molecule has 0 saturated carbocycles. The maximum absolute atomic E-state index is 14.7. The molecule has 0 bridgehead atoms. The molecule has 1 nitrogen and oxygen atoms in total. The molecule has 0 fully saturated rings. The van der Waals surface area contributed by atoms with Crippen LogP contribution in [-0.2, 0) is 4.57 Å². The van der Waals surface area contributed by atoms with E-state index in [1.165, 1.54) is 10.8 Å². The summed E-state index contributed by atoms with van der Waals surface area (Å²) < 4.78 is 15.9. The summed E-state index contributed by atoms with van der Waals surface area (Å²) in [4.78, 5) is 0.